The number of fused-ring (bicyclic) bond motifs is 1. The third-order valence-corrected chi connectivity index (χ3v) is 5.77. The molecule has 2 unspecified atom stereocenters. The highest BCUT2D eigenvalue weighted by molar-refractivity contribution is 6.07. The van der Waals surface area contributed by atoms with Crippen LogP contribution in [0.3, 0.4) is 0 Å². The lowest BCUT2D eigenvalue weighted by molar-refractivity contribution is -0.132. The number of aliphatic hydroxyl groups is 1. The molecule has 3 amide bonds. The number of benzene rings is 2. The molecule has 2 atom stereocenters. The number of rotatable bonds is 7. The summed E-state index contributed by atoms with van der Waals surface area (Å²) < 4.78 is 17.0. The van der Waals surface area contributed by atoms with Gasteiger partial charge in [-0.05, 0) is 48.7 Å². The number of nitrogens with zero attached hydrogens (tertiary/aromatic N) is 1. The van der Waals surface area contributed by atoms with E-state index < -0.39 is 23.6 Å². The lowest BCUT2D eigenvalue weighted by Crippen LogP contribution is -2.42. The van der Waals surface area contributed by atoms with Crippen molar-refractivity contribution >= 4 is 11.9 Å². The summed E-state index contributed by atoms with van der Waals surface area (Å²) >= 11 is 0. The van der Waals surface area contributed by atoms with E-state index in [1.54, 1.807) is 25.1 Å². The van der Waals surface area contributed by atoms with Gasteiger partial charge in [0.2, 0.25) is 0 Å². The number of hydrogen-bond donors (Lipinski definition) is 2. The fourth-order valence-electron chi connectivity index (χ4n) is 3.81. The molecule has 0 spiro atoms. The zero-order chi connectivity index (χ0) is 22.7. The fraction of sp³-hybridized carbons (Fsp3) is 0.417. The molecule has 2 aromatic carbocycles. The van der Waals surface area contributed by atoms with Crippen molar-refractivity contribution in [2.45, 2.75) is 38.3 Å². The summed E-state index contributed by atoms with van der Waals surface area (Å²) in [5.74, 6) is 1.34. The summed E-state index contributed by atoms with van der Waals surface area (Å²) in [5, 5.41) is 13.2. The number of urea groups is 1. The highest BCUT2D eigenvalue weighted by Crippen LogP contribution is 2.36. The number of nitrogens with one attached hydrogen (secondary N) is 1. The Kier molecular flexibility index (Phi) is 6.23. The Morgan fingerprint density at radius 2 is 1.84 bits per heavy atom. The lowest BCUT2D eigenvalue weighted by Gasteiger charge is -2.24. The molecule has 1 saturated heterocycles. The van der Waals surface area contributed by atoms with E-state index in [0.717, 1.165) is 17.7 Å². The van der Waals surface area contributed by atoms with Gasteiger partial charge in [-0.15, -0.1) is 0 Å². The molecule has 0 radical (unpaired) electrons. The molecule has 2 aliphatic rings. The van der Waals surface area contributed by atoms with Crippen LogP contribution in [0.1, 0.15) is 31.4 Å². The first-order valence-electron chi connectivity index (χ1n) is 10.8. The molecule has 8 heteroatoms. The molecule has 2 aromatic rings. The molecular weight excluding hydrogens is 412 g/mol. The summed E-state index contributed by atoms with van der Waals surface area (Å²) in [5.41, 5.74) is 0.508. The van der Waals surface area contributed by atoms with Crippen LogP contribution >= 0.6 is 0 Å². The van der Waals surface area contributed by atoms with Gasteiger partial charge in [0.05, 0.1) is 19.8 Å². The van der Waals surface area contributed by atoms with Crippen LogP contribution in [0.25, 0.3) is 0 Å². The SMILES string of the molecule is CCc1ccc(OCC(O)CN2C(=O)NC(C)(c3ccc4c(c3)OCCCO4)C2=O)cc1. The van der Waals surface area contributed by atoms with Crippen LogP contribution in [0.15, 0.2) is 42.5 Å². The van der Waals surface area contributed by atoms with E-state index in [0.29, 0.717) is 36.0 Å². The van der Waals surface area contributed by atoms with Crippen LogP contribution in [0, 0.1) is 0 Å². The number of aliphatic hydroxyl groups excluding tert-OH is 1. The third-order valence-electron chi connectivity index (χ3n) is 5.77. The number of carbonyl (C=O) groups is 2. The topological polar surface area (TPSA) is 97.3 Å². The van der Waals surface area contributed by atoms with Crippen LogP contribution in [0.2, 0.25) is 0 Å². The Labute approximate surface area is 187 Å². The molecule has 0 saturated carbocycles. The van der Waals surface area contributed by atoms with E-state index in [-0.39, 0.29) is 13.2 Å². The maximum atomic E-state index is 13.2. The average molecular weight is 440 g/mol. The molecule has 32 heavy (non-hydrogen) atoms. The number of β-amino-alcohol motifs (C(OH)–C–C–N with tert-alkyl or cyclic N) is 1. The van der Waals surface area contributed by atoms with Gasteiger partial charge in [-0.1, -0.05) is 25.1 Å². The van der Waals surface area contributed by atoms with Gasteiger partial charge < -0.3 is 24.6 Å². The molecule has 0 aliphatic carbocycles. The van der Waals surface area contributed by atoms with Crippen molar-refractivity contribution in [3.05, 3.63) is 53.6 Å². The molecule has 2 aliphatic heterocycles. The largest absolute Gasteiger partial charge is 0.491 e. The number of ether oxygens (including phenoxy) is 3. The van der Waals surface area contributed by atoms with E-state index in [1.807, 2.05) is 24.3 Å². The predicted octanol–water partition coefficient (Wildman–Crippen LogP) is 2.62. The quantitative estimate of drug-likeness (QED) is 0.643. The van der Waals surface area contributed by atoms with Crippen molar-refractivity contribution in [2.24, 2.45) is 0 Å². The summed E-state index contributed by atoms with van der Waals surface area (Å²) in [6.07, 6.45) is 0.673. The van der Waals surface area contributed by atoms with Crippen molar-refractivity contribution in [1.29, 1.82) is 0 Å². The second kappa shape index (κ2) is 9.08. The van der Waals surface area contributed by atoms with Crippen molar-refractivity contribution in [1.82, 2.24) is 10.2 Å². The normalized spacial score (nSPS) is 21.2. The first-order chi connectivity index (χ1) is 15.4. The second-order valence-electron chi connectivity index (χ2n) is 8.15. The Hall–Kier alpha value is -3.26. The van der Waals surface area contributed by atoms with Crippen LogP contribution < -0.4 is 19.5 Å². The molecular formula is C24H28N2O6. The first-order valence-corrected chi connectivity index (χ1v) is 10.8. The summed E-state index contributed by atoms with van der Waals surface area (Å²) in [6.45, 7) is 4.59. The average Bonchev–Trinajstić information content (AvgIpc) is 2.96. The molecule has 0 aromatic heterocycles. The highest BCUT2D eigenvalue weighted by atomic mass is 16.5. The lowest BCUT2D eigenvalue weighted by atomic mass is 9.91. The minimum Gasteiger partial charge on any atom is -0.491 e. The number of imide groups is 1. The van der Waals surface area contributed by atoms with Crippen LogP contribution in [0.5, 0.6) is 17.2 Å². The number of hydrogen-bond acceptors (Lipinski definition) is 6. The summed E-state index contributed by atoms with van der Waals surface area (Å²) in [7, 11) is 0. The van der Waals surface area contributed by atoms with Crippen LogP contribution in [-0.2, 0) is 16.8 Å². The Morgan fingerprint density at radius 3 is 2.56 bits per heavy atom. The van der Waals surface area contributed by atoms with Gasteiger partial charge in [-0.2, -0.15) is 0 Å². The number of amides is 3. The first kappa shape index (κ1) is 22.0. The zero-order valence-corrected chi connectivity index (χ0v) is 18.3. The predicted molar refractivity (Wildman–Crippen MR) is 117 cm³/mol. The van der Waals surface area contributed by atoms with Gasteiger partial charge in [-0.3, -0.25) is 9.69 Å². The van der Waals surface area contributed by atoms with Gasteiger partial charge in [0, 0.05) is 6.42 Å². The van der Waals surface area contributed by atoms with E-state index >= 15 is 0 Å². The van der Waals surface area contributed by atoms with Crippen LogP contribution in [0.4, 0.5) is 4.79 Å². The van der Waals surface area contributed by atoms with E-state index in [4.69, 9.17) is 14.2 Å². The maximum absolute atomic E-state index is 13.2. The maximum Gasteiger partial charge on any atom is 0.325 e. The van der Waals surface area contributed by atoms with Crippen molar-refractivity contribution in [3.8, 4) is 17.2 Å². The minimum absolute atomic E-state index is 0.0384. The molecule has 170 valence electrons. The Morgan fingerprint density at radius 1 is 1.12 bits per heavy atom. The summed E-state index contributed by atoms with van der Waals surface area (Å²) in [6, 6.07) is 12.2. The molecule has 2 heterocycles. The standard InChI is InChI=1S/C24H28N2O6/c1-3-16-5-8-19(9-6-16)32-15-18(27)14-26-22(28)24(2,25-23(26)29)17-7-10-20-21(13-17)31-12-4-11-30-20/h5-10,13,18,27H,3-4,11-12,14-15H2,1-2H3,(H,25,29). The van der Waals surface area contributed by atoms with Gasteiger partial charge in [0.15, 0.2) is 11.5 Å². The second-order valence-corrected chi connectivity index (χ2v) is 8.15. The number of carbonyl (C=O) groups excluding carboxylic acids is 2. The van der Waals surface area contributed by atoms with E-state index in [9.17, 15) is 14.7 Å². The van der Waals surface area contributed by atoms with Crippen molar-refractivity contribution in [2.75, 3.05) is 26.4 Å². The van der Waals surface area contributed by atoms with Gasteiger partial charge >= 0.3 is 6.03 Å². The van der Waals surface area contributed by atoms with Gasteiger partial charge in [-0.25, -0.2) is 4.79 Å². The molecule has 1 fully saturated rings. The Bertz CT molecular complexity index is 992. The molecule has 2 N–H and O–H groups in total. The molecule has 0 bridgehead atoms. The smallest absolute Gasteiger partial charge is 0.325 e. The zero-order valence-electron chi connectivity index (χ0n) is 18.3. The monoisotopic (exact) mass is 440 g/mol. The highest BCUT2D eigenvalue weighted by Gasteiger charge is 2.49. The van der Waals surface area contributed by atoms with E-state index in [1.165, 1.54) is 5.56 Å². The molecule has 4 rings (SSSR count). The van der Waals surface area contributed by atoms with Crippen molar-refractivity contribution in [3.63, 3.8) is 0 Å². The third kappa shape index (κ3) is 4.36. The van der Waals surface area contributed by atoms with E-state index in [2.05, 4.69) is 12.2 Å². The van der Waals surface area contributed by atoms with Gasteiger partial charge in [0.25, 0.3) is 5.91 Å². The minimum atomic E-state index is -1.27. The van der Waals surface area contributed by atoms with Crippen molar-refractivity contribution < 1.29 is 28.9 Å². The summed E-state index contributed by atoms with van der Waals surface area (Å²) in [4.78, 5) is 26.8. The van der Waals surface area contributed by atoms with Gasteiger partial charge in [0.1, 0.15) is 24.0 Å². The fourth-order valence-corrected chi connectivity index (χ4v) is 3.81. The Balaban J connectivity index is 1.42. The number of aryl methyl sites for hydroxylation is 1. The van der Waals surface area contributed by atoms with Crippen LogP contribution in [-0.4, -0.2) is 54.4 Å². The molecule has 8 nitrogen and oxygen atoms in total.